The van der Waals surface area contributed by atoms with Crippen LogP contribution in [0.1, 0.15) is 45.4 Å². The molecule has 17 heavy (non-hydrogen) atoms. The van der Waals surface area contributed by atoms with Gasteiger partial charge in [-0.3, -0.25) is 0 Å². The van der Waals surface area contributed by atoms with Crippen LogP contribution in [0.3, 0.4) is 0 Å². The van der Waals surface area contributed by atoms with Gasteiger partial charge >= 0.3 is 0 Å². The van der Waals surface area contributed by atoms with E-state index in [1.54, 1.807) is 0 Å². The van der Waals surface area contributed by atoms with Crippen molar-refractivity contribution in [2.45, 2.75) is 45.4 Å². The SMILES string of the molecule is CC1/C=C\C/C=C\CC2(CC1)CCN(C)CC2. The van der Waals surface area contributed by atoms with Gasteiger partial charge in [-0.05, 0) is 70.0 Å². The second-order valence-electron chi connectivity index (χ2n) is 6.16. The third-order valence-electron chi connectivity index (χ3n) is 4.63. The summed E-state index contributed by atoms with van der Waals surface area (Å²) in [5, 5.41) is 0. The van der Waals surface area contributed by atoms with E-state index in [1.165, 1.54) is 45.2 Å². The van der Waals surface area contributed by atoms with Gasteiger partial charge in [-0.1, -0.05) is 31.2 Å². The standard InChI is InChI=1S/C16H27N/c1-15-7-5-3-4-6-9-16(10-8-15)11-13-17(2)14-12-16/h4-7,15H,3,8-14H2,1-2H3/b6-4-,7-5-. The molecule has 0 saturated carbocycles. The minimum Gasteiger partial charge on any atom is -0.306 e. The number of piperidine rings is 1. The Balaban J connectivity index is 2.02. The van der Waals surface area contributed by atoms with E-state index < -0.39 is 0 Å². The summed E-state index contributed by atoms with van der Waals surface area (Å²) < 4.78 is 0. The first-order valence-electron chi connectivity index (χ1n) is 7.20. The van der Waals surface area contributed by atoms with E-state index in [0.717, 1.165) is 12.3 Å². The quantitative estimate of drug-likeness (QED) is 0.571. The third-order valence-corrected chi connectivity index (χ3v) is 4.63. The lowest BCUT2D eigenvalue weighted by molar-refractivity contribution is 0.109. The molecule has 0 aromatic heterocycles. The average Bonchev–Trinajstić information content (AvgIpc) is 2.34. The highest BCUT2D eigenvalue weighted by Crippen LogP contribution is 2.40. The number of allylic oxidation sites excluding steroid dienone is 4. The molecule has 0 aromatic rings. The van der Waals surface area contributed by atoms with E-state index in [0.29, 0.717) is 5.41 Å². The van der Waals surface area contributed by atoms with Gasteiger partial charge in [0.05, 0.1) is 0 Å². The topological polar surface area (TPSA) is 3.24 Å². The maximum Gasteiger partial charge on any atom is -0.00164 e. The molecule has 0 N–H and O–H groups in total. The first-order chi connectivity index (χ1) is 8.20. The third kappa shape index (κ3) is 3.70. The lowest BCUT2D eigenvalue weighted by Gasteiger charge is -2.41. The molecule has 1 unspecified atom stereocenters. The highest BCUT2D eigenvalue weighted by molar-refractivity contribution is 5.00. The molecule has 0 bridgehead atoms. The second-order valence-corrected chi connectivity index (χ2v) is 6.16. The van der Waals surface area contributed by atoms with Gasteiger partial charge in [0.15, 0.2) is 0 Å². The molecular formula is C16H27N. The van der Waals surface area contributed by atoms with Gasteiger partial charge in [-0.25, -0.2) is 0 Å². The van der Waals surface area contributed by atoms with Crippen LogP contribution in [-0.2, 0) is 0 Å². The van der Waals surface area contributed by atoms with Crippen LogP contribution in [0.25, 0.3) is 0 Å². The first-order valence-corrected chi connectivity index (χ1v) is 7.20. The van der Waals surface area contributed by atoms with Crippen LogP contribution in [0.4, 0.5) is 0 Å². The highest BCUT2D eigenvalue weighted by atomic mass is 15.1. The zero-order valence-electron chi connectivity index (χ0n) is 11.5. The summed E-state index contributed by atoms with van der Waals surface area (Å²) in [6.07, 6.45) is 17.5. The van der Waals surface area contributed by atoms with Crippen molar-refractivity contribution in [3.05, 3.63) is 24.3 Å². The lowest BCUT2D eigenvalue weighted by Crippen LogP contribution is -2.38. The fourth-order valence-electron chi connectivity index (χ4n) is 3.10. The fraction of sp³-hybridized carbons (Fsp3) is 0.750. The van der Waals surface area contributed by atoms with Gasteiger partial charge in [-0.15, -0.1) is 0 Å². The minimum absolute atomic E-state index is 0.614. The van der Waals surface area contributed by atoms with Crippen LogP contribution in [0, 0.1) is 11.3 Å². The zero-order valence-corrected chi connectivity index (χ0v) is 11.5. The Morgan fingerprint density at radius 1 is 1.06 bits per heavy atom. The summed E-state index contributed by atoms with van der Waals surface area (Å²) >= 11 is 0. The Bertz CT molecular complexity index is 282. The number of nitrogens with zero attached hydrogens (tertiary/aromatic N) is 1. The highest BCUT2D eigenvalue weighted by Gasteiger charge is 2.32. The molecule has 1 aliphatic carbocycles. The summed E-state index contributed by atoms with van der Waals surface area (Å²) in [7, 11) is 2.26. The number of hydrogen-bond acceptors (Lipinski definition) is 1. The molecule has 2 rings (SSSR count). The van der Waals surface area contributed by atoms with E-state index in [1.807, 2.05) is 0 Å². The van der Waals surface area contributed by atoms with Gasteiger partial charge < -0.3 is 4.90 Å². The first kappa shape index (κ1) is 12.9. The van der Waals surface area contributed by atoms with Gasteiger partial charge in [0.2, 0.25) is 0 Å². The average molecular weight is 233 g/mol. The van der Waals surface area contributed by atoms with Crippen molar-refractivity contribution in [3.63, 3.8) is 0 Å². The van der Waals surface area contributed by atoms with Crippen LogP contribution in [0.15, 0.2) is 24.3 Å². The van der Waals surface area contributed by atoms with Crippen molar-refractivity contribution in [1.29, 1.82) is 0 Å². The van der Waals surface area contributed by atoms with Crippen LogP contribution in [-0.4, -0.2) is 25.0 Å². The Morgan fingerprint density at radius 2 is 1.82 bits per heavy atom. The van der Waals surface area contributed by atoms with Gasteiger partial charge in [0.1, 0.15) is 0 Å². The van der Waals surface area contributed by atoms with E-state index in [9.17, 15) is 0 Å². The van der Waals surface area contributed by atoms with Crippen molar-refractivity contribution in [2.75, 3.05) is 20.1 Å². The van der Waals surface area contributed by atoms with Crippen molar-refractivity contribution in [1.82, 2.24) is 4.90 Å². The van der Waals surface area contributed by atoms with Crippen molar-refractivity contribution in [2.24, 2.45) is 11.3 Å². The molecule has 1 aliphatic heterocycles. The molecule has 96 valence electrons. The molecule has 1 atom stereocenters. The lowest BCUT2D eigenvalue weighted by atomic mass is 9.71. The minimum atomic E-state index is 0.614. The molecule has 2 aliphatic rings. The number of hydrogen-bond donors (Lipinski definition) is 0. The smallest absolute Gasteiger partial charge is 0.00164 e. The van der Waals surface area contributed by atoms with E-state index in [-0.39, 0.29) is 0 Å². The predicted octanol–water partition coefficient (Wildman–Crippen LogP) is 4.02. The Morgan fingerprint density at radius 3 is 2.59 bits per heavy atom. The maximum atomic E-state index is 2.48. The molecule has 0 radical (unpaired) electrons. The van der Waals surface area contributed by atoms with Crippen molar-refractivity contribution >= 4 is 0 Å². The Hall–Kier alpha value is -0.560. The second kappa shape index (κ2) is 5.86. The van der Waals surface area contributed by atoms with Crippen LogP contribution < -0.4 is 0 Å². The summed E-state index contributed by atoms with van der Waals surface area (Å²) in [6.45, 7) is 4.95. The van der Waals surface area contributed by atoms with Crippen LogP contribution in [0.5, 0.6) is 0 Å². The molecule has 1 saturated heterocycles. The molecule has 1 spiro atoms. The molecule has 0 amide bonds. The number of rotatable bonds is 0. The van der Waals surface area contributed by atoms with Gasteiger partial charge in [-0.2, -0.15) is 0 Å². The molecular weight excluding hydrogens is 206 g/mol. The largest absolute Gasteiger partial charge is 0.306 e. The molecule has 1 nitrogen and oxygen atoms in total. The summed E-state index contributed by atoms with van der Waals surface area (Å²) in [6, 6.07) is 0. The van der Waals surface area contributed by atoms with Gasteiger partial charge in [0.25, 0.3) is 0 Å². The van der Waals surface area contributed by atoms with Crippen LogP contribution in [0.2, 0.25) is 0 Å². The molecule has 1 fully saturated rings. The molecule has 1 heteroatoms. The monoisotopic (exact) mass is 233 g/mol. The summed E-state index contributed by atoms with van der Waals surface area (Å²) in [5.74, 6) is 0.762. The fourth-order valence-corrected chi connectivity index (χ4v) is 3.10. The van der Waals surface area contributed by atoms with Gasteiger partial charge in [0, 0.05) is 0 Å². The van der Waals surface area contributed by atoms with Crippen molar-refractivity contribution in [3.8, 4) is 0 Å². The number of likely N-dealkylation sites (tertiary alicyclic amines) is 1. The Kier molecular flexibility index (Phi) is 4.44. The zero-order chi connectivity index (χ0) is 12.1. The van der Waals surface area contributed by atoms with E-state index >= 15 is 0 Å². The molecule has 1 heterocycles. The Labute approximate surface area is 107 Å². The molecule has 0 aromatic carbocycles. The van der Waals surface area contributed by atoms with E-state index in [2.05, 4.69) is 43.2 Å². The van der Waals surface area contributed by atoms with Crippen LogP contribution >= 0.6 is 0 Å². The van der Waals surface area contributed by atoms with Crippen molar-refractivity contribution < 1.29 is 0 Å². The summed E-state index contributed by atoms with van der Waals surface area (Å²) in [4.78, 5) is 2.48. The summed E-state index contributed by atoms with van der Waals surface area (Å²) in [5.41, 5.74) is 0.614. The normalized spacial score (nSPS) is 34.4. The predicted molar refractivity (Wildman–Crippen MR) is 75.1 cm³/mol. The van der Waals surface area contributed by atoms with E-state index in [4.69, 9.17) is 0 Å². The maximum absolute atomic E-state index is 2.48.